The van der Waals surface area contributed by atoms with Gasteiger partial charge in [-0.2, -0.15) is 0 Å². The van der Waals surface area contributed by atoms with Crippen LogP contribution in [0.4, 0.5) is 14.4 Å². The minimum Gasteiger partial charge on any atom is -0.870 e. The number of carboxylic acids is 1. The molecule has 0 saturated heterocycles. The molecule has 0 bridgehead atoms. The summed E-state index contributed by atoms with van der Waals surface area (Å²) < 4.78 is 15.2. The van der Waals surface area contributed by atoms with E-state index >= 15 is 0 Å². The summed E-state index contributed by atoms with van der Waals surface area (Å²) in [6.45, 7) is 29.6. The maximum Gasteiger partial charge on any atom is 1.00 e. The fourth-order valence-electron chi connectivity index (χ4n) is 4.89. The molecule has 15 heteroatoms. The second kappa shape index (κ2) is 17.8. The molecule has 0 spiro atoms. The van der Waals surface area contributed by atoms with Crippen molar-refractivity contribution in [1.82, 2.24) is 16.0 Å². The second-order valence-corrected chi connectivity index (χ2v) is 15.4. The predicted octanol–water partition coefficient (Wildman–Crippen LogP) is 2.46. The summed E-state index contributed by atoms with van der Waals surface area (Å²) in [5.74, 6) is -1.33. The van der Waals surface area contributed by atoms with Gasteiger partial charge in [-0.15, -0.1) is 19.7 Å². The van der Waals surface area contributed by atoms with Gasteiger partial charge in [0.1, 0.15) is 33.4 Å². The zero-order chi connectivity index (χ0) is 37.7. The molecule has 50 heavy (non-hydrogen) atoms. The molecule has 0 aromatic heterocycles. The average Bonchev–Trinajstić information content (AvgIpc) is 3.79. The quantitative estimate of drug-likeness (QED) is 0.154. The summed E-state index contributed by atoms with van der Waals surface area (Å²) in [4.78, 5) is 68.6. The molecule has 3 amide bonds. The number of alkyl carbamates (subject to hydrolysis) is 3. The number of rotatable bonds is 9. The van der Waals surface area contributed by atoms with E-state index in [4.69, 9.17) is 19.3 Å². The van der Waals surface area contributed by atoms with Crippen molar-refractivity contribution >= 4 is 35.8 Å². The first-order chi connectivity index (χ1) is 21.6. The van der Waals surface area contributed by atoms with Crippen LogP contribution in [-0.4, -0.2) is 79.8 Å². The van der Waals surface area contributed by atoms with Gasteiger partial charge in [-0.1, -0.05) is 18.2 Å². The minimum atomic E-state index is -1.22. The number of carbonyl (C=O) groups excluding carboxylic acids is 5. The molecule has 0 aromatic rings. The van der Waals surface area contributed by atoms with E-state index in [1.54, 1.807) is 74.5 Å². The van der Waals surface area contributed by atoms with Crippen LogP contribution in [0.15, 0.2) is 38.0 Å². The Morgan fingerprint density at radius 3 is 0.960 bits per heavy atom. The van der Waals surface area contributed by atoms with Crippen LogP contribution in [0.3, 0.4) is 0 Å². The molecule has 0 aliphatic heterocycles. The Balaban J connectivity index is 0. The third-order valence-electron chi connectivity index (χ3n) is 7.71. The molecule has 3 fully saturated rings. The summed E-state index contributed by atoms with van der Waals surface area (Å²) in [5, 5.41) is 16.7. The molecular formula is C35H56N3NaO11. The summed E-state index contributed by atoms with van der Waals surface area (Å²) in [6.07, 6.45) is 4.71. The second-order valence-electron chi connectivity index (χ2n) is 15.4. The largest absolute Gasteiger partial charge is 1.00 e. The van der Waals surface area contributed by atoms with Gasteiger partial charge in [0.25, 0.3) is 0 Å². The van der Waals surface area contributed by atoms with Gasteiger partial charge in [0.15, 0.2) is 11.6 Å². The van der Waals surface area contributed by atoms with Crippen LogP contribution in [-0.2, 0) is 28.6 Å². The zero-order valence-electron chi connectivity index (χ0n) is 31.8. The van der Waals surface area contributed by atoms with Gasteiger partial charge in [-0.3, -0.25) is 9.59 Å². The molecule has 0 aromatic carbocycles. The van der Waals surface area contributed by atoms with Crippen LogP contribution < -0.4 is 45.5 Å². The molecule has 3 aliphatic rings. The van der Waals surface area contributed by atoms with Crippen molar-refractivity contribution in [2.45, 2.75) is 129 Å². The molecule has 14 nitrogen and oxygen atoms in total. The normalized spacial score (nSPS) is 27.0. The maximum atomic E-state index is 11.6. The van der Waals surface area contributed by atoms with Gasteiger partial charge in [-0.05, 0) is 95.4 Å². The first kappa shape index (κ1) is 48.9. The average molecular weight is 718 g/mol. The van der Waals surface area contributed by atoms with E-state index < -0.39 is 57.7 Å². The summed E-state index contributed by atoms with van der Waals surface area (Å²) >= 11 is 0. The topological polar surface area (TPSA) is 216 Å². The van der Waals surface area contributed by atoms with Crippen molar-refractivity contribution in [1.29, 1.82) is 0 Å². The molecule has 3 saturated carbocycles. The van der Waals surface area contributed by atoms with Crippen LogP contribution in [0.5, 0.6) is 0 Å². The van der Waals surface area contributed by atoms with E-state index in [1.807, 2.05) is 0 Å². The smallest absolute Gasteiger partial charge is 0.870 e. The number of hydrogen-bond donors (Lipinski definition) is 4. The van der Waals surface area contributed by atoms with E-state index in [0.717, 1.165) is 0 Å². The van der Waals surface area contributed by atoms with Crippen molar-refractivity contribution in [2.24, 2.45) is 17.8 Å². The van der Waals surface area contributed by atoms with Crippen molar-refractivity contribution in [3.8, 4) is 0 Å². The Labute approximate surface area is 318 Å². The van der Waals surface area contributed by atoms with Crippen LogP contribution >= 0.6 is 0 Å². The molecule has 3 rings (SSSR count). The van der Waals surface area contributed by atoms with Crippen LogP contribution in [0.25, 0.3) is 0 Å². The van der Waals surface area contributed by atoms with Crippen molar-refractivity contribution in [2.75, 3.05) is 0 Å². The first-order valence-electron chi connectivity index (χ1n) is 15.8. The minimum absolute atomic E-state index is 0. The van der Waals surface area contributed by atoms with Gasteiger partial charge >= 0.3 is 53.8 Å². The monoisotopic (exact) mass is 717 g/mol. The third-order valence-corrected chi connectivity index (χ3v) is 7.71. The summed E-state index contributed by atoms with van der Waals surface area (Å²) in [5.41, 5.74) is -4.51. The number of Topliss-reactive ketones (excluding diaryl/α,β-unsaturated/α-hetero) is 2. The number of hydrogen-bond acceptors (Lipinski definition) is 10. The number of aliphatic carboxylic acids is 1. The molecule has 278 valence electrons. The number of carbonyl (C=O) groups is 6. The zero-order valence-corrected chi connectivity index (χ0v) is 33.8. The number of carboxylic acid groups (broad SMARTS) is 1. The number of ketones is 2. The SMILES string of the molecule is C=CC1CC1(NC(=O)OC(C)(C)C)C(C)=O.C=CC1C[C@@]1(NC(=O)OC(C)(C)C)C(=O)O.C=C[C@H]1C[C@]1(NC(=O)OC(C)(C)C)C(C)=O.[Na+].[OH-]. The number of nitrogens with one attached hydrogen (secondary N) is 3. The predicted molar refractivity (Wildman–Crippen MR) is 182 cm³/mol. The standard InChI is InChI=1S/2C12H19NO3.C11H17NO4.Na.H2O/c2*1-6-9-7-12(9,8(2)14)13-10(15)16-11(3,4)5;1-5-7-6-11(7,8(13)14)12-9(15)16-10(2,3)4;;/h2*6,9H,1,7H2,2-5H3,(H,13,15);5,7H,1,6H2,2-4H3,(H,12,15)(H,13,14);;1H2/q;;;+1;/p-1/t9-,12-;;7?,11-;;/m0.0../s1. The number of ether oxygens (including phenoxy) is 3. The Hall–Kier alpha value is -3.20. The number of amides is 3. The maximum absolute atomic E-state index is 11.6. The van der Waals surface area contributed by atoms with Gasteiger partial charge in [0.2, 0.25) is 0 Å². The van der Waals surface area contributed by atoms with Gasteiger partial charge in [-0.25, -0.2) is 19.2 Å². The summed E-state index contributed by atoms with van der Waals surface area (Å²) in [6, 6.07) is 0. The van der Waals surface area contributed by atoms with E-state index in [2.05, 4.69) is 35.7 Å². The van der Waals surface area contributed by atoms with Crippen molar-refractivity contribution < 1.29 is 83.1 Å². The van der Waals surface area contributed by atoms with E-state index in [9.17, 15) is 28.8 Å². The van der Waals surface area contributed by atoms with Gasteiger partial charge in [0, 0.05) is 17.8 Å². The van der Waals surface area contributed by atoms with Crippen molar-refractivity contribution in [3.05, 3.63) is 38.0 Å². The molecule has 3 unspecified atom stereocenters. The fourth-order valence-corrected chi connectivity index (χ4v) is 4.89. The van der Waals surface area contributed by atoms with E-state index in [1.165, 1.54) is 19.9 Å². The van der Waals surface area contributed by atoms with Crippen LogP contribution in [0.2, 0.25) is 0 Å². The molecular weight excluding hydrogens is 661 g/mol. The Morgan fingerprint density at radius 1 is 0.580 bits per heavy atom. The molecule has 0 heterocycles. The Morgan fingerprint density at radius 2 is 0.800 bits per heavy atom. The Bertz CT molecular complexity index is 1160. The van der Waals surface area contributed by atoms with Gasteiger partial charge < -0.3 is 40.7 Å². The van der Waals surface area contributed by atoms with Crippen LogP contribution in [0.1, 0.15) is 95.4 Å². The molecule has 6 atom stereocenters. The van der Waals surface area contributed by atoms with E-state index in [-0.39, 0.29) is 64.4 Å². The Kier molecular flexibility index (Phi) is 17.4. The van der Waals surface area contributed by atoms with E-state index in [0.29, 0.717) is 19.3 Å². The fraction of sp³-hybridized carbons (Fsp3) is 0.657. The summed E-state index contributed by atoms with van der Waals surface area (Å²) in [7, 11) is 0. The van der Waals surface area contributed by atoms with Crippen molar-refractivity contribution in [3.63, 3.8) is 0 Å². The molecule has 0 radical (unpaired) electrons. The van der Waals surface area contributed by atoms with Crippen LogP contribution in [0, 0.1) is 17.8 Å². The third kappa shape index (κ3) is 14.2. The molecule has 3 aliphatic carbocycles. The first-order valence-corrected chi connectivity index (χ1v) is 15.8. The van der Waals surface area contributed by atoms with Gasteiger partial charge in [0.05, 0.1) is 0 Å². The molecule has 5 N–H and O–H groups in total.